The van der Waals surface area contributed by atoms with Crippen LogP contribution in [0.3, 0.4) is 0 Å². The van der Waals surface area contributed by atoms with Gasteiger partial charge in [0.05, 0.1) is 0 Å². The highest BCUT2D eigenvalue weighted by atomic mass is 19.3. The van der Waals surface area contributed by atoms with E-state index in [9.17, 15) is 13.6 Å². The molecule has 3 aromatic rings. The van der Waals surface area contributed by atoms with E-state index in [-0.39, 0.29) is 29.4 Å². The van der Waals surface area contributed by atoms with E-state index in [0.717, 1.165) is 5.56 Å². The molecule has 0 saturated heterocycles. The summed E-state index contributed by atoms with van der Waals surface area (Å²) in [5, 5.41) is 13.1. The molecule has 1 aromatic carbocycles. The molecular formula is C14H12F2N6O2. The molecule has 8 nitrogen and oxygen atoms in total. The van der Waals surface area contributed by atoms with Gasteiger partial charge in [-0.15, -0.1) is 10.2 Å². The summed E-state index contributed by atoms with van der Waals surface area (Å²) in [4.78, 5) is 16.2. The number of H-pyrrole nitrogens is 1. The predicted octanol–water partition coefficient (Wildman–Crippen LogP) is 1.80. The standard InChI is InChI=1S/C14H12F2N6O2/c15-12(16)24-8-3-1-7(2-4-8)9-5-10(9)11(23)19-14-21-20-13-17-6-18-22(13)14/h1-4,6,9-10,12H,5H2,(H,17,18,20)(H,19,21,23)/t9-,10+/m0/s1. The summed E-state index contributed by atoms with van der Waals surface area (Å²) >= 11 is 0. The van der Waals surface area contributed by atoms with Crippen molar-refractivity contribution in [3.63, 3.8) is 0 Å². The molecule has 0 aliphatic heterocycles. The summed E-state index contributed by atoms with van der Waals surface area (Å²) < 4.78 is 30.0. The molecule has 4 rings (SSSR count). The number of amides is 1. The van der Waals surface area contributed by atoms with Crippen LogP contribution in [0.5, 0.6) is 5.75 Å². The number of rotatable bonds is 5. The number of carbonyl (C=O) groups excluding carboxylic acids is 1. The summed E-state index contributed by atoms with van der Waals surface area (Å²) in [7, 11) is 0. The van der Waals surface area contributed by atoms with Gasteiger partial charge in [-0.1, -0.05) is 12.1 Å². The second kappa shape index (κ2) is 5.55. The van der Waals surface area contributed by atoms with Crippen molar-refractivity contribution in [1.29, 1.82) is 0 Å². The Bertz CT molecular complexity index is 875. The number of halogens is 2. The van der Waals surface area contributed by atoms with Crippen molar-refractivity contribution < 1.29 is 18.3 Å². The van der Waals surface area contributed by atoms with Gasteiger partial charge >= 0.3 is 6.61 Å². The quantitative estimate of drug-likeness (QED) is 0.741. The van der Waals surface area contributed by atoms with Gasteiger partial charge in [0.2, 0.25) is 5.91 Å². The van der Waals surface area contributed by atoms with Gasteiger partial charge in [-0.05, 0) is 30.0 Å². The zero-order chi connectivity index (χ0) is 16.7. The summed E-state index contributed by atoms with van der Waals surface area (Å²) in [5.74, 6) is 0.432. The maximum Gasteiger partial charge on any atom is 0.387 e. The van der Waals surface area contributed by atoms with E-state index in [1.165, 1.54) is 23.0 Å². The van der Waals surface area contributed by atoms with Crippen LogP contribution in [0.1, 0.15) is 17.9 Å². The first-order valence-corrected chi connectivity index (χ1v) is 7.22. The molecule has 1 aliphatic carbocycles. The van der Waals surface area contributed by atoms with E-state index >= 15 is 0 Å². The van der Waals surface area contributed by atoms with E-state index < -0.39 is 6.61 Å². The molecule has 0 radical (unpaired) electrons. The van der Waals surface area contributed by atoms with E-state index in [0.29, 0.717) is 12.2 Å². The minimum absolute atomic E-state index is 0.0516. The number of ether oxygens (including phenoxy) is 1. The minimum atomic E-state index is -2.85. The number of nitrogens with one attached hydrogen (secondary N) is 2. The summed E-state index contributed by atoms with van der Waals surface area (Å²) in [6.07, 6.45) is 2.13. The number of hydrogen-bond donors (Lipinski definition) is 2. The Morgan fingerprint density at radius 3 is 2.88 bits per heavy atom. The van der Waals surface area contributed by atoms with Crippen molar-refractivity contribution in [2.24, 2.45) is 5.92 Å². The first kappa shape index (κ1) is 14.5. The van der Waals surface area contributed by atoms with Crippen LogP contribution < -0.4 is 10.1 Å². The van der Waals surface area contributed by atoms with E-state index in [4.69, 9.17) is 0 Å². The van der Waals surface area contributed by atoms with Gasteiger partial charge in [0.15, 0.2) is 0 Å². The minimum Gasteiger partial charge on any atom is -0.435 e. The van der Waals surface area contributed by atoms with E-state index in [1.54, 1.807) is 12.1 Å². The molecule has 124 valence electrons. The predicted molar refractivity (Wildman–Crippen MR) is 77.7 cm³/mol. The van der Waals surface area contributed by atoms with Crippen molar-refractivity contribution >= 4 is 17.6 Å². The number of aromatic amines is 1. The number of aromatic nitrogens is 5. The van der Waals surface area contributed by atoms with E-state index in [2.05, 4.69) is 30.3 Å². The highest BCUT2D eigenvalue weighted by Gasteiger charge is 2.44. The van der Waals surface area contributed by atoms with Crippen LogP contribution in [0, 0.1) is 5.92 Å². The van der Waals surface area contributed by atoms with Crippen molar-refractivity contribution in [3.05, 3.63) is 36.2 Å². The maximum absolute atomic E-state index is 12.3. The second-order valence-electron chi connectivity index (χ2n) is 5.43. The molecular weight excluding hydrogens is 322 g/mol. The van der Waals surface area contributed by atoms with Gasteiger partial charge in [-0.25, -0.2) is 0 Å². The molecule has 0 unspecified atom stereocenters. The average molecular weight is 334 g/mol. The van der Waals surface area contributed by atoms with Gasteiger partial charge in [-0.3, -0.25) is 15.2 Å². The van der Waals surface area contributed by atoms with Crippen LogP contribution in [0.15, 0.2) is 30.6 Å². The lowest BCUT2D eigenvalue weighted by Crippen LogP contribution is -2.16. The highest BCUT2D eigenvalue weighted by Crippen LogP contribution is 2.48. The fourth-order valence-electron chi connectivity index (χ4n) is 2.66. The van der Waals surface area contributed by atoms with Gasteiger partial charge in [0, 0.05) is 5.92 Å². The zero-order valence-corrected chi connectivity index (χ0v) is 12.2. The summed E-state index contributed by atoms with van der Waals surface area (Å²) in [5.41, 5.74) is 0.907. The lowest BCUT2D eigenvalue weighted by molar-refractivity contribution is -0.117. The SMILES string of the molecule is O=C(Nc1nnc2nc[nH]n12)[C@@H]1C[C@H]1c1ccc(OC(F)F)cc1. The highest BCUT2D eigenvalue weighted by molar-refractivity contribution is 5.94. The molecule has 2 aromatic heterocycles. The van der Waals surface area contributed by atoms with Crippen LogP contribution in [-0.2, 0) is 4.79 Å². The van der Waals surface area contributed by atoms with Gasteiger partial charge in [0.1, 0.15) is 12.1 Å². The molecule has 1 fully saturated rings. The lowest BCUT2D eigenvalue weighted by atomic mass is 10.1. The van der Waals surface area contributed by atoms with Crippen LogP contribution >= 0.6 is 0 Å². The Morgan fingerprint density at radius 1 is 1.33 bits per heavy atom. The smallest absolute Gasteiger partial charge is 0.387 e. The largest absolute Gasteiger partial charge is 0.435 e. The average Bonchev–Trinajstić information content (AvgIpc) is 3.06. The van der Waals surface area contributed by atoms with Crippen LogP contribution in [0.25, 0.3) is 5.78 Å². The third kappa shape index (κ3) is 2.66. The third-order valence-electron chi connectivity index (χ3n) is 3.91. The fraction of sp³-hybridized carbons (Fsp3) is 0.286. The number of alkyl halides is 2. The van der Waals surface area contributed by atoms with Crippen LogP contribution in [0.2, 0.25) is 0 Å². The molecule has 2 atom stereocenters. The van der Waals surface area contributed by atoms with Crippen molar-refractivity contribution in [2.75, 3.05) is 5.32 Å². The van der Waals surface area contributed by atoms with Crippen molar-refractivity contribution in [1.82, 2.24) is 24.8 Å². The van der Waals surface area contributed by atoms with Gasteiger partial charge in [-0.2, -0.15) is 18.3 Å². The maximum atomic E-state index is 12.3. The molecule has 1 amide bonds. The molecule has 0 spiro atoms. The molecule has 2 heterocycles. The third-order valence-corrected chi connectivity index (χ3v) is 3.91. The Morgan fingerprint density at radius 2 is 2.12 bits per heavy atom. The number of nitrogens with zero attached hydrogens (tertiary/aromatic N) is 4. The van der Waals surface area contributed by atoms with Crippen LogP contribution in [-0.4, -0.2) is 37.3 Å². The lowest BCUT2D eigenvalue weighted by Gasteiger charge is -2.06. The topological polar surface area (TPSA) is 97.2 Å². The Labute approximate surface area is 133 Å². The normalized spacial score (nSPS) is 19.6. The molecule has 0 bridgehead atoms. The zero-order valence-electron chi connectivity index (χ0n) is 12.2. The first-order valence-electron chi connectivity index (χ1n) is 7.22. The van der Waals surface area contributed by atoms with Crippen molar-refractivity contribution in [3.8, 4) is 5.75 Å². The Balaban J connectivity index is 1.40. The first-order chi connectivity index (χ1) is 11.6. The Kier molecular flexibility index (Phi) is 3.36. The Hall–Kier alpha value is -3.04. The summed E-state index contributed by atoms with van der Waals surface area (Å²) in [6, 6.07) is 6.34. The number of benzene rings is 1. The monoisotopic (exact) mass is 334 g/mol. The second-order valence-corrected chi connectivity index (χ2v) is 5.43. The molecule has 1 saturated carbocycles. The van der Waals surface area contributed by atoms with E-state index in [1.807, 2.05) is 0 Å². The molecule has 1 aliphatic rings. The molecule has 24 heavy (non-hydrogen) atoms. The number of anilines is 1. The fourth-order valence-corrected chi connectivity index (χ4v) is 2.66. The van der Waals surface area contributed by atoms with Gasteiger partial charge < -0.3 is 4.74 Å². The summed E-state index contributed by atoms with van der Waals surface area (Å²) in [6.45, 7) is -2.85. The number of carbonyl (C=O) groups is 1. The van der Waals surface area contributed by atoms with Crippen molar-refractivity contribution in [2.45, 2.75) is 19.0 Å². The molecule has 10 heteroatoms. The van der Waals surface area contributed by atoms with Gasteiger partial charge in [0.25, 0.3) is 11.7 Å². The number of hydrogen-bond acceptors (Lipinski definition) is 5. The molecule has 2 N–H and O–H groups in total. The number of fused-ring (bicyclic) bond motifs is 1. The van der Waals surface area contributed by atoms with Crippen LogP contribution in [0.4, 0.5) is 14.7 Å².